The minimum absolute atomic E-state index is 0.0776. The first kappa shape index (κ1) is 20.8. The average molecular weight is 444 g/mol. The quantitative estimate of drug-likeness (QED) is 0.578. The number of aromatic nitrogens is 2. The Morgan fingerprint density at radius 1 is 1.20 bits per heavy atom. The van der Waals surface area contributed by atoms with Crippen LogP contribution in [0.15, 0.2) is 60.9 Å². The third-order valence-electron chi connectivity index (χ3n) is 5.25. The van der Waals surface area contributed by atoms with E-state index < -0.39 is 5.82 Å². The van der Waals surface area contributed by atoms with Crippen LogP contribution < -0.4 is 5.32 Å². The van der Waals surface area contributed by atoms with Crippen molar-refractivity contribution in [1.29, 1.82) is 0 Å². The highest BCUT2D eigenvalue weighted by Crippen LogP contribution is 2.39. The molecule has 1 aromatic carbocycles. The molecule has 8 heteroatoms. The maximum atomic E-state index is 13.7. The van der Waals surface area contributed by atoms with Gasteiger partial charge in [0, 0.05) is 36.9 Å². The van der Waals surface area contributed by atoms with Crippen molar-refractivity contribution in [2.45, 2.75) is 12.1 Å². The van der Waals surface area contributed by atoms with Gasteiger partial charge in [-0.3, -0.25) is 4.98 Å². The maximum absolute atomic E-state index is 13.7. The van der Waals surface area contributed by atoms with Crippen molar-refractivity contribution in [3.05, 3.63) is 83.2 Å². The number of benzene rings is 1. The van der Waals surface area contributed by atoms with Gasteiger partial charge in [0.1, 0.15) is 5.82 Å². The van der Waals surface area contributed by atoms with Gasteiger partial charge in [0.15, 0.2) is 5.11 Å². The van der Waals surface area contributed by atoms with Gasteiger partial charge in [-0.1, -0.05) is 17.7 Å². The van der Waals surface area contributed by atoms with Crippen LogP contribution in [0.25, 0.3) is 5.69 Å². The Morgan fingerprint density at radius 3 is 2.73 bits per heavy atom. The monoisotopic (exact) mass is 443 g/mol. The largest absolute Gasteiger partial charge is 0.352 e. The highest BCUT2D eigenvalue weighted by Gasteiger charge is 2.41. The van der Waals surface area contributed by atoms with Gasteiger partial charge in [-0.05, 0) is 68.8 Å². The molecular formula is C22H23ClFN5S. The van der Waals surface area contributed by atoms with Crippen LogP contribution in [0.1, 0.15) is 23.5 Å². The zero-order valence-electron chi connectivity index (χ0n) is 16.8. The van der Waals surface area contributed by atoms with Crippen LogP contribution in [0.3, 0.4) is 0 Å². The fourth-order valence-corrected chi connectivity index (χ4v) is 4.29. The molecule has 4 rings (SSSR count). The van der Waals surface area contributed by atoms with Gasteiger partial charge in [-0.15, -0.1) is 0 Å². The van der Waals surface area contributed by atoms with Crippen molar-refractivity contribution >= 4 is 28.9 Å². The second-order valence-electron chi connectivity index (χ2n) is 7.52. The average Bonchev–Trinajstić information content (AvgIpc) is 3.33. The van der Waals surface area contributed by atoms with Crippen molar-refractivity contribution in [2.24, 2.45) is 0 Å². The van der Waals surface area contributed by atoms with Crippen LogP contribution in [0, 0.1) is 5.82 Å². The third-order valence-corrected chi connectivity index (χ3v) is 5.89. The van der Waals surface area contributed by atoms with Crippen molar-refractivity contribution < 1.29 is 4.39 Å². The Balaban J connectivity index is 1.78. The summed E-state index contributed by atoms with van der Waals surface area (Å²) in [5, 5.41) is 4.25. The smallest absolute Gasteiger partial charge is 0.170 e. The Labute approximate surface area is 186 Å². The van der Waals surface area contributed by atoms with Crippen LogP contribution >= 0.6 is 23.8 Å². The number of thiocarbonyl (C=S) groups is 1. The number of halogens is 2. The lowest BCUT2D eigenvalue weighted by atomic mass is 10.0. The third kappa shape index (κ3) is 4.05. The van der Waals surface area contributed by atoms with Gasteiger partial charge in [0.25, 0.3) is 0 Å². The Bertz CT molecular complexity index is 1040. The van der Waals surface area contributed by atoms with E-state index in [1.165, 1.54) is 6.07 Å². The van der Waals surface area contributed by atoms with Crippen LogP contribution in [0.4, 0.5) is 4.39 Å². The van der Waals surface area contributed by atoms with Crippen LogP contribution in [0.2, 0.25) is 5.02 Å². The summed E-state index contributed by atoms with van der Waals surface area (Å²) < 4.78 is 15.8. The number of rotatable bonds is 6. The molecule has 1 fully saturated rings. The lowest BCUT2D eigenvalue weighted by molar-refractivity contribution is 0.272. The normalized spacial score (nSPS) is 18.8. The fraction of sp³-hybridized carbons (Fsp3) is 0.273. The van der Waals surface area contributed by atoms with Crippen LogP contribution in [0.5, 0.6) is 0 Å². The molecule has 0 saturated carbocycles. The van der Waals surface area contributed by atoms with E-state index in [-0.39, 0.29) is 17.1 Å². The second kappa shape index (κ2) is 8.71. The summed E-state index contributed by atoms with van der Waals surface area (Å²) in [7, 11) is 4.09. The van der Waals surface area contributed by atoms with Gasteiger partial charge in [-0.25, -0.2) is 4.39 Å². The molecule has 1 saturated heterocycles. The molecule has 156 valence electrons. The molecule has 1 aliphatic heterocycles. The molecule has 30 heavy (non-hydrogen) atoms. The van der Waals surface area contributed by atoms with E-state index in [0.29, 0.717) is 5.11 Å². The Hall–Kier alpha value is -2.48. The lowest BCUT2D eigenvalue weighted by Gasteiger charge is -2.29. The number of hydrogen-bond donors (Lipinski definition) is 1. The van der Waals surface area contributed by atoms with Gasteiger partial charge in [0.2, 0.25) is 0 Å². The summed E-state index contributed by atoms with van der Waals surface area (Å²) in [6, 6.07) is 14.5. The molecular weight excluding hydrogens is 421 g/mol. The maximum Gasteiger partial charge on any atom is 0.170 e. The number of nitrogens with one attached hydrogen (secondary N) is 1. The van der Waals surface area contributed by atoms with Gasteiger partial charge in [0.05, 0.1) is 22.8 Å². The Morgan fingerprint density at radius 2 is 2.03 bits per heavy atom. The Kier molecular flexibility index (Phi) is 6.04. The minimum Gasteiger partial charge on any atom is -0.352 e. The highest BCUT2D eigenvalue weighted by molar-refractivity contribution is 7.80. The SMILES string of the molecule is CN(C)CCN1C(=S)N[C@@H](c2ccccn2)[C@@H]1c1cccn1-c1ccc(F)c(Cl)c1. The highest BCUT2D eigenvalue weighted by atomic mass is 35.5. The molecule has 5 nitrogen and oxygen atoms in total. The van der Waals surface area contributed by atoms with E-state index >= 15 is 0 Å². The van der Waals surface area contributed by atoms with Crippen LogP contribution in [-0.2, 0) is 0 Å². The topological polar surface area (TPSA) is 36.3 Å². The summed E-state index contributed by atoms with van der Waals surface area (Å²) in [4.78, 5) is 8.91. The second-order valence-corrected chi connectivity index (χ2v) is 8.32. The number of likely N-dealkylation sites (N-methyl/N-ethyl adjacent to an activating group) is 1. The summed E-state index contributed by atoms with van der Waals surface area (Å²) >= 11 is 11.8. The van der Waals surface area contributed by atoms with E-state index in [1.807, 2.05) is 49.1 Å². The van der Waals surface area contributed by atoms with Gasteiger partial charge in [-0.2, -0.15) is 0 Å². The molecule has 0 aliphatic carbocycles. The van der Waals surface area contributed by atoms with E-state index in [1.54, 1.807) is 18.3 Å². The summed E-state index contributed by atoms with van der Waals surface area (Å²) in [5.74, 6) is -0.434. The molecule has 0 radical (unpaired) electrons. The predicted molar refractivity (Wildman–Crippen MR) is 121 cm³/mol. The van der Waals surface area contributed by atoms with E-state index in [0.717, 1.165) is 30.2 Å². The zero-order valence-corrected chi connectivity index (χ0v) is 18.4. The van der Waals surface area contributed by atoms with E-state index in [4.69, 9.17) is 23.8 Å². The lowest BCUT2D eigenvalue weighted by Crippen LogP contribution is -2.36. The minimum atomic E-state index is -0.434. The molecule has 0 unspecified atom stereocenters. The summed E-state index contributed by atoms with van der Waals surface area (Å²) in [5.41, 5.74) is 2.74. The molecule has 1 aliphatic rings. The molecule has 1 N–H and O–H groups in total. The standard InChI is InChI=1S/C22H23ClFN5S/c1-27(2)12-13-29-21(20(26-22(29)30)18-6-3-4-10-25-18)19-7-5-11-28(19)15-8-9-17(24)16(23)14-15/h3-11,14,20-21H,12-13H2,1-2H3,(H,26,30)/t20-,21-/m0/s1. The van der Waals surface area contributed by atoms with E-state index in [2.05, 4.69) is 26.2 Å². The summed E-state index contributed by atoms with van der Waals surface area (Å²) in [6.45, 7) is 1.62. The van der Waals surface area contributed by atoms with Crippen LogP contribution in [-0.4, -0.2) is 51.6 Å². The predicted octanol–water partition coefficient (Wildman–Crippen LogP) is 4.20. The van der Waals surface area contributed by atoms with Gasteiger partial charge < -0.3 is 19.7 Å². The molecule has 0 amide bonds. The van der Waals surface area contributed by atoms with Crippen molar-refractivity contribution in [1.82, 2.24) is 24.7 Å². The molecule has 0 bridgehead atoms. The zero-order chi connectivity index (χ0) is 21.3. The van der Waals surface area contributed by atoms with Crippen molar-refractivity contribution in [2.75, 3.05) is 27.2 Å². The first-order valence-electron chi connectivity index (χ1n) is 9.71. The fourth-order valence-electron chi connectivity index (χ4n) is 3.78. The summed E-state index contributed by atoms with van der Waals surface area (Å²) in [6.07, 6.45) is 3.75. The first-order valence-corrected chi connectivity index (χ1v) is 10.5. The van der Waals surface area contributed by atoms with E-state index in [9.17, 15) is 4.39 Å². The van der Waals surface area contributed by atoms with Gasteiger partial charge >= 0.3 is 0 Å². The number of hydrogen-bond acceptors (Lipinski definition) is 3. The number of nitrogens with zero attached hydrogens (tertiary/aromatic N) is 4. The molecule has 2 atom stereocenters. The first-order chi connectivity index (χ1) is 14.5. The van der Waals surface area contributed by atoms with Crippen molar-refractivity contribution in [3.8, 4) is 5.69 Å². The number of pyridine rings is 1. The molecule has 3 aromatic rings. The molecule has 0 spiro atoms. The molecule has 3 heterocycles. The molecule has 2 aromatic heterocycles. The van der Waals surface area contributed by atoms with Crippen molar-refractivity contribution in [3.63, 3.8) is 0 Å².